The molecule has 1 aromatic heterocycles. The second kappa shape index (κ2) is 10.8. The lowest BCUT2D eigenvalue weighted by Crippen LogP contribution is -2.38. The first-order valence-corrected chi connectivity index (χ1v) is 9.85. The number of aromatic nitrogens is 3. The molecule has 152 valence electrons. The van der Waals surface area contributed by atoms with Crippen LogP contribution in [0.5, 0.6) is 5.75 Å². The number of guanidine groups is 1. The van der Waals surface area contributed by atoms with Crippen LogP contribution in [0.15, 0.2) is 65.9 Å². The molecule has 0 saturated carbocycles. The number of aliphatic imine (C=N–C) groups is 1. The fourth-order valence-corrected chi connectivity index (χ4v) is 2.89. The number of hydrogen-bond acceptors (Lipinski definition) is 4. The molecule has 29 heavy (non-hydrogen) atoms. The number of aryl methyl sites for hydroxylation is 1. The summed E-state index contributed by atoms with van der Waals surface area (Å²) in [5.41, 5.74) is 2.32. The zero-order chi connectivity index (χ0) is 20.3. The normalized spacial score (nSPS) is 11.3. The lowest BCUT2D eigenvalue weighted by atomic mass is 10.2. The van der Waals surface area contributed by atoms with E-state index in [-0.39, 0.29) is 0 Å². The van der Waals surface area contributed by atoms with Gasteiger partial charge in [0, 0.05) is 33.1 Å². The largest absolute Gasteiger partial charge is 0.489 e. The predicted octanol–water partition coefficient (Wildman–Crippen LogP) is 2.78. The van der Waals surface area contributed by atoms with Gasteiger partial charge in [-0.25, -0.2) is 0 Å². The molecule has 0 amide bonds. The van der Waals surface area contributed by atoms with Crippen molar-refractivity contribution < 1.29 is 4.74 Å². The van der Waals surface area contributed by atoms with E-state index in [0.29, 0.717) is 13.2 Å². The highest BCUT2D eigenvalue weighted by Crippen LogP contribution is 2.14. The monoisotopic (exact) mass is 392 g/mol. The van der Waals surface area contributed by atoms with Crippen molar-refractivity contribution in [3.05, 3.63) is 77.9 Å². The second-order valence-corrected chi connectivity index (χ2v) is 6.56. The molecule has 2 N–H and O–H groups in total. The highest BCUT2D eigenvalue weighted by atomic mass is 16.5. The van der Waals surface area contributed by atoms with Crippen molar-refractivity contribution in [3.8, 4) is 5.75 Å². The maximum absolute atomic E-state index is 5.83. The molecule has 0 bridgehead atoms. The Morgan fingerprint density at radius 3 is 2.55 bits per heavy atom. The van der Waals surface area contributed by atoms with Crippen LogP contribution in [0, 0.1) is 0 Å². The summed E-state index contributed by atoms with van der Waals surface area (Å²) in [6, 6.07) is 18.3. The zero-order valence-electron chi connectivity index (χ0n) is 17.0. The summed E-state index contributed by atoms with van der Waals surface area (Å²) in [5, 5.41) is 14.7. The molecule has 0 aliphatic carbocycles. The van der Waals surface area contributed by atoms with Gasteiger partial charge in [-0.1, -0.05) is 49.4 Å². The lowest BCUT2D eigenvalue weighted by Gasteiger charge is -2.13. The Bertz CT molecular complexity index is 889. The summed E-state index contributed by atoms with van der Waals surface area (Å²) >= 11 is 0. The number of benzene rings is 2. The minimum atomic E-state index is 0.571. The van der Waals surface area contributed by atoms with Crippen LogP contribution in [0.25, 0.3) is 0 Å². The van der Waals surface area contributed by atoms with E-state index in [2.05, 4.69) is 61.6 Å². The summed E-state index contributed by atoms with van der Waals surface area (Å²) in [4.78, 5) is 4.27. The molecule has 0 radical (unpaired) electrons. The van der Waals surface area contributed by atoms with Crippen LogP contribution in [-0.4, -0.2) is 34.3 Å². The van der Waals surface area contributed by atoms with Crippen molar-refractivity contribution in [1.82, 2.24) is 25.4 Å². The van der Waals surface area contributed by atoms with Gasteiger partial charge in [0.1, 0.15) is 24.5 Å². The number of hydrogen-bond donors (Lipinski definition) is 2. The van der Waals surface area contributed by atoms with E-state index < -0.39 is 0 Å². The summed E-state index contributed by atoms with van der Waals surface area (Å²) < 4.78 is 7.88. The van der Waals surface area contributed by atoms with E-state index in [0.717, 1.165) is 48.2 Å². The summed E-state index contributed by atoms with van der Waals surface area (Å²) in [7, 11) is 1.77. The van der Waals surface area contributed by atoms with E-state index in [1.54, 1.807) is 13.4 Å². The van der Waals surface area contributed by atoms with E-state index in [1.165, 1.54) is 0 Å². The van der Waals surface area contributed by atoms with Gasteiger partial charge >= 0.3 is 0 Å². The molecule has 7 nitrogen and oxygen atoms in total. The Balaban J connectivity index is 1.41. The molecule has 0 aliphatic heterocycles. The molecular weight excluding hydrogens is 364 g/mol. The van der Waals surface area contributed by atoms with Crippen molar-refractivity contribution in [1.29, 1.82) is 0 Å². The first-order chi connectivity index (χ1) is 14.3. The van der Waals surface area contributed by atoms with Crippen LogP contribution in [-0.2, 0) is 26.1 Å². The van der Waals surface area contributed by atoms with Gasteiger partial charge in [-0.2, -0.15) is 0 Å². The summed E-state index contributed by atoms with van der Waals surface area (Å²) in [6.45, 7) is 4.88. The highest BCUT2D eigenvalue weighted by molar-refractivity contribution is 5.79. The van der Waals surface area contributed by atoms with Crippen LogP contribution >= 0.6 is 0 Å². The highest BCUT2D eigenvalue weighted by Gasteiger charge is 2.03. The fourth-order valence-electron chi connectivity index (χ4n) is 2.89. The molecule has 1 heterocycles. The van der Waals surface area contributed by atoms with Gasteiger partial charge < -0.3 is 19.9 Å². The average molecular weight is 393 g/mol. The summed E-state index contributed by atoms with van der Waals surface area (Å²) in [6.07, 6.45) is 2.64. The molecule has 0 unspecified atom stereocenters. The van der Waals surface area contributed by atoms with Gasteiger partial charge in [-0.3, -0.25) is 4.99 Å². The van der Waals surface area contributed by atoms with E-state index in [9.17, 15) is 0 Å². The van der Waals surface area contributed by atoms with Crippen molar-refractivity contribution in [3.63, 3.8) is 0 Å². The molecule has 7 heteroatoms. The minimum Gasteiger partial charge on any atom is -0.489 e. The predicted molar refractivity (Wildman–Crippen MR) is 115 cm³/mol. The van der Waals surface area contributed by atoms with Crippen molar-refractivity contribution in [2.75, 3.05) is 13.6 Å². The third-order valence-corrected chi connectivity index (χ3v) is 4.51. The maximum atomic E-state index is 5.83. The first kappa shape index (κ1) is 20.4. The molecule has 0 atom stereocenters. The van der Waals surface area contributed by atoms with Crippen LogP contribution < -0.4 is 15.4 Å². The lowest BCUT2D eigenvalue weighted by molar-refractivity contribution is 0.306. The second-order valence-electron chi connectivity index (χ2n) is 6.56. The van der Waals surface area contributed by atoms with E-state index in [1.807, 2.05) is 30.3 Å². The molecular formula is C22H28N6O. The maximum Gasteiger partial charge on any atom is 0.191 e. The fraction of sp³-hybridized carbons (Fsp3) is 0.318. The van der Waals surface area contributed by atoms with E-state index in [4.69, 9.17) is 4.74 Å². The first-order valence-electron chi connectivity index (χ1n) is 9.85. The summed E-state index contributed by atoms with van der Waals surface area (Å²) in [5.74, 6) is 2.62. The van der Waals surface area contributed by atoms with Crippen molar-refractivity contribution in [2.45, 2.75) is 33.0 Å². The smallest absolute Gasteiger partial charge is 0.191 e. The van der Waals surface area contributed by atoms with Gasteiger partial charge in [-0.15, -0.1) is 10.2 Å². The van der Waals surface area contributed by atoms with Crippen LogP contribution in [0.3, 0.4) is 0 Å². The molecule has 3 rings (SSSR count). The van der Waals surface area contributed by atoms with E-state index >= 15 is 0 Å². The van der Waals surface area contributed by atoms with Gasteiger partial charge in [0.05, 0.1) is 0 Å². The molecule has 0 fully saturated rings. The minimum absolute atomic E-state index is 0.571. The molecule has 2 aromatic carbocycles. The molecule has 0 aliphatic rings. The Labute approximate surface area is 171 Å². The third-order valence-electron chi connectivity index (χ3n) is 4.51. The SMILES string of the molecule is CCc1nncn1CCNC(=NC)NCc1ccc(OCc2ccccc2)cc1. The topological polar surface area (TPSA) is 76.4 Å². The van der Waals surface area contributed by atoms with Gasteiger partial charge in [0.15, 0.2) is 5.96 Å². The van der Waals surface area contributed by atoms with Crippen molar-refractivity contribution in [2.24, 2.45) is 4.99 Å². The van der Waals surface area contributed by atoms with Crippen LogP contribution in [0.2, 0.25) is 0 Å². The third kappa shape index (κ3) is 6.34. The van der Waals surface area contributed by atoms with Gasteiger partial charge in [0.2, 0.25) is 0 Å². The van der Waals surface area contributed by atoms with Gasteiger partial charge in [-0.05, 0) is 23.3 Å². The van der Waals surface area contributed by atoms with Crippen LogP contribution in [0.1, 0.15) is 23.9 Å². The number of ether oxygens (including phenoxy) is 1. The quantitative estimate of drug-likeness (QED) is 0.433. The Morgan fingerprint density at radius 2 is 1.83 bits per heavy atom. The molecule has 3 aromatic rings. The van der Waals surface area contributed by atoms with Crippen LogP contribution in [0.4, 0.5) is 0 Å². The standard InChI is InChI=1S/C22H28N6O/c1-3-21-27-26-17-28(21)14-13-24-22(23-2)25-15-18-9-11-20(12-10-18)29-16-19-7-5-4-6-8-19/h4-12,17H,3,13-16H2,1-2H3,(H2,23,24,25). The zero-order valence-corrected chi connectivity index (χ0v) is 17.0. The number of rotatable bonds is 9. The molecule has 0 spiro atoms. The van der Waals surface area contributed by atoms with Gasteiger partial charge in [0.25, 0.3) is 0 Å². The number of nitrogens with zero attached hydrogens (tertiary/aromatic N) is 4. The Hall–Kier alpha value is -3.35. The Morgan fingerprint density at radius 1 is 1.03 bits per heavy atom. The number of nitrogens with one attached hydrogen (secondary N) is 2. The van der Waals surface area contributed by atoms with Crippen molar-refractivity contribution >= 4 is 5.96 Å². The average Bonchev–Trinajstić information content (AvgIpc) is 3.23. The molecule has 0 saturated heterocycles. The Kier molecular flexibility index (Phi) is 7.63.